The van der Waals surface area contributed by atoms with Gasteiger partial charge < -0.3 is 4.81 Å². The van der Waals surface area contributed by atoms with Crippen LogP contribution < -0.4 is 0 Å². The van der Waals surface area contributed by atoms with Gasteiger partial charge in [-0.3, -0.25) is 4.79 Å². The average molecular weight is 205 g/mol. The second-order valence-electron chi connectivity index (χ2n) is 4.20. The molecule has 15 heavy (non-hydrogen) atoms. The molecule has 0 N–H and O–H groups in total. The minimum absolute atomic E-state index is 0.0909. The third kappa shape index (κ3) is 4.11. The molecule has 1 saturated heterocycles. The van der Waals surface area contributed by atoms with E-state index in [0.717, 1.165) is 25.7 Å². The summed E-state index contributed by atoms with van der Waals surface area (Å²) in [6.45, 7) is 2.19. The Morgan fingerprint density at radius 3 is 3.07 bits per heavy atom. The Bertz CT molecular complexity index is 228. The number of hydrogen-bond donors (Lipinski definition) is 0. The zero-order valence-electron chi connectivity index (χ0n) is 9.61. The molecule has 0 saturated carbocycles. The molecule has 1 fully saturated rings. The molecule has 82 valence electrons. The number of piperidine rings is 1. The predicted molar refractivity (Wildman–Crippen MR) is 63.5 cm³/mol. The summed E-state index contributed by atoms with van der Waals surface area (Å²) < 4.78 is 0. The van der Waals surface area contributed by atoms with E-state index in [1.165, 1.54) is 17.7 Å². The smallest absolute Gasteiger partial charge is 0.230 e. The Labute approximate surface area is 94.2 Å². The van der Waals surface area contributed by atoms with Gasteiger partial charge in [0.25, 0.3) is 0 Å². The largest absolute Gasteiger partial charge is 0.394 e. The maximum atomic E-state index is 11.3. The highest BCUT2D eigenvalue weighted by atomic mass is 16.2. The van der Waals surface area contributed by atoms with Gasteiger partial charge in [0.1, 0.15) is 0 Å². The van der Waals surface area contributed by atoms with Gasteiger partial charge in [0.15, 0.2) is 0 Å². The maximum absolute atomic E-state index is 11.3. The molecule has 0 aliphatic carbocycles. The van der Waals surface area contributed by atoms with Gasteiger partial charge in [-0.2, -0.15) is 0 Å². The van der Waals surface area contributed by atoms with Gasteiger partial charge in [0.05, 0.1) is 0 Å². The van der Waals surface area contributed by atoms with E-state index in [-0.39, 0.29) is 11.9 Å². The van der Waals surface area contributed by atoms with Crippen molar-refractivity contribution in [3.63, 3.8) is 0 Å². The number of rotatable bonds is 5. The monoisotopic (exact) mass is 205 g/mol. The fourth-order valence-corrected chi connectivity index (χ4v) is 1.89. The van der Waals surface area contributed by atoms with Gasteiger partial charge in [-0.05, 0) is 25.7 Å². The van der Waals surface area contributed by atoms with Gasteiger partial charge in [0.2, 0.25) is 13.9 Å². The van der Waals surface area contributed by atoms with Crippen LogP contribution in [0.3, 0.4) is 0 Å². The molecule has 1 aliphatic rings. The number of hydrogen-bond acceptors (Lipinski definition) is 1. The van der Waals surface area contributed by atoms with Crippen LogP contribution >= 0.6 is 0 Å². The molecule has 0 spiro atoms. The molecule has 1 unspecified atom stereocenters. The molecular weight excluding hydrogens is 185 g/mol. The maximum Gasteiger partial charge on any atom is 0.230 e. The van der Waals surface area contributed by atoms with Gasteiger partial charge in [-0.1, -0.05) is 31.9 Å². The quantitative estimate of drug-likeness (QED) is 0.383. The number of allylic oxidation sites excluding steroid dienone is 1. The summed E-state index contributed by atoms with van der Waals surface area (Å²) in [6, 6.07) is 0.226. The summed E-state index contributed by atoms with van der Waals surface area (Å²) in [5.74, 6) is 0.0909. The van der Waals surface area contributed by atoms with Crippen LogP contribution in [0.15, 0.2) is 12.2 Å². The van der Waals surface area contributed by atoms with E-state index in [2.05, 4.69) is 19.1 Å². The lowest BCUT2D eigenvalue weighted by Crippen LogP contribution is -2.41. The van der Waals surface area contributed by atoms with Crippen molar-refractivity contribution in [1.29, 1.82) is 0 Å². The lowest BCUT2D eigenvalue weighted by Gasteiger charge is -2.32. The van der Waals surface area contributed by atoms with Crippen molar-refractivity contribution in [2.24, 2.45) is 0 Å². The van der Waals surface area contributed by atoms with E-state index in [9.17, 15) is 4.79 Å². The Morgan fingerprint density at radius 2 is 2.33 bits per heavy atom. The highest BCUT2D eigenvalue weighted by molar-refractivity contribution is 6.14. The van der Waals surface area contributed by atoms with E-state index in [4.69, 9.17) is 7.98 Å². The summed E-state index contributed by atoms with van der Waals surface area (Å²) in [5.41, 5.74) is 0. The molecule has 3 heteroatoms. The number of carbonyl (C=O) groups excluding carboxylic acids is 1. The summed E-state index contributed by atoms with van der Waals surface area (Å²) >= 11 is 0. The lowest BCUT2D eigenvalue weighted by molar-refractivity contribution is -0.130. The van der Waals surface area contributed by atoms with Crippen LogP contribution in [-0.2, 0) is 4.79 Å². The first-order chi connectivity index (χ1) is 7.25. The minimum Gasteiger partial charge on any atom is -0.394 e. The number of carbonyl (C=O) groups is 1. The van der Waals surface area contributed by atoms with Crippen LogP contribution in [-0.4, -0.2) is 24.7 Å². The Balaban J connectivity index is 2.25. The Morgan fingerprint density at radius 1 is 1.53 bits per heavy atom. The highest BCUT2D eigenvalue weighted by Gasteiger charge is 2.22. The van der Waals surface area contributed by atoms with Crippen molar-refractivity contribution < 1.29 is 4.79 Å². The minimum atomic E-state index is 0.0909. The summed E-state index contributed by atoms with van der Waals surface area (Å²) in [6.07, 6.45) is 11.5. The first-order valence-corrected chi connectivity index (χ1v) is 5.97. The Hall–Kier alpha value is -0.725. The molecule has 1 heterocycles. The van der Waals surface area contributed by atoms with Crippen LogP contribution in [0.5, 0.6) is 0 Å². The van der Waals surface area contributed by atoms with Crippen molar-refractivity contribution in [2.45, 2.75) is 57.9 Å². The van der Waals surface area contributed by atoms with Crippen LogP contribution in [0.1, 0.15) is 51.9 Å². The topological polar surface area (TPSA) is 20.3 Å². The molecule has 1 aliphatic heterocycles. The summed E-state index contributed by atoms with van der Waals surface area (Å²) in [4.78, 5) is 12.7. The van der Waals surface area contributed by atoms with Crippen molar-refractivity contribution in [3.8, 4) is 0 Å². The fraction of sp³-hybridized carbons (Fsp3) is 0.750. The van der Waals surface area contributed by atoms with Crippen molar-refractivity contribution >= 4 is 13.9 Å². The van der Waals surface area contributed by atoms with Crippen LogP contribution in [0.4, 0.5) is 0 Å². The number of amides is 1. The molecule has 1 rings (SSSR count). The van der Waals surface area contributed by atoms with Crippen molar-refractivity contribution in [1.82, 2.24) is 4.81 Å². The predicted octanol–water partition coefficient (Wildman–Crippen LogP) is 2.59. The van der Waals surface area contributed by atoms with E-state index >= 15 is 0 Å². The third-order valence-electron chi connectivity index (χ3n) is 2.91. The molecule has 1 amide bonds. The molecule has 1 atom stereocenters. The average Bonchev–Trinajstić information content (AvgIpc) is 2.24. The lowest BCUT2D eigenvalue weighted by atomic mass is 9.95. The van der Waals surface area contributed by atoms with E-state index in [1.807, 2.05) is 0 Å². The van der Waals surface area contributed by atoms with Crippen molar-refractivity contribution in [3.05, 3.63) is 12.2 Å². The standard InChI is InChI=1S/C12H20BNO/c1-2-3-4-5-6-8-11-9-7-10-12(15)14(11)13/h5-6,11H,2-4,7-10H2,1H3/b6-5-. The zero-order valence-corrected chi connectivity index (χ0v) is 9.61. The van der Waals surface area contributed by atoms with Gasteiger partial charge >= 0.3 is 0 Å². The Kier molecular flexibility index (Phi) is 5.52. The van der Waals surface area contributed by atoms with E-state index in [1.54, 1.807) is 0 Å². The highest BCUT2D eigenvalue weighted by Crippen LogP contribution is 2.18. The SMILES string of the molecule is [B]N1C(=O)CCCC1C/C=C\CCCC. The molecule has 0 aromatic heterocycles. The van der Waals surface area contributed by atoms with Gasteiger partial charge in [0, 0.05) is 12.5 Å². The second kappa shape index (κ2) is 6.70. The van der Waals surface area contributed by atoms with Gasteiger partial charge in [-0.15, -0.1) is 0 Å². The summed E-state index contributed by atoms with van der Waals surface area (Å²) in [5, 5.41) is 0. The van der Waals surface area contributed by atoms with E-state index in [0.29, 0.717) is 6.42 Å². The molecule has 0 aromatic carbocycles. The first kappa shape index (κ1) is 12.3. The number of nitrogens with zero attached hydrogens (tertiary/aromatic N) is 1. The normalized spacial score (nSPS) is 22.6. The molecule has 2 radical (unpaired) electrons. The zero-order chi connectivity index (χ0) is 11.1. The first-order valence-electron chi connectivity index (χ1n) is 5.97. The third-order valence-corrected chi connectivity index (χ3v) is 2.91. The van der Waals surface area contributed by atoms with E-state index < -0.39 is 0 Å². The van der Waals surface area contributed by atoms with Crippen molar-refractivity contribution in [2.75, 3.05) is 0 Å². The van der Waals surface area contributed by atoms with Crippen LogP contribution in [0.2, 0.25) is 0 Å². The molecular formula is C12H20BNO. The summed E-state index contributed by atoms with van der Waals surface area (Å²) in [7, 11) is 5.71. The van der Waals surface area contributed by atoms with Gasteiger partial charge in [-0.25, -0.2) is 0 Å². The molecule has 0 aromatic rings. The van der Waals surface area contributed by atoms with Crippen LogP contribution in [0, 0.1) is 0 Å². The van der Waals surface area contributed by atoms with Crippen LogP contribution in [0.25, 0.3) is 0 Å². The molecule has 2 nitrogen and oxygen atoms in total. The fourth-order valence-electron chi connectivity index (χ4n) is 1.89. The second-order valence-corrected chi connectivity index (χ2v) is 4.20. The molecule has 0 bridgehead atoms. The number of unbranched alkanes of at least 4 members (excludes halogenated alkanes) is 2.